The molecule has 1 aliphatic rings. The molecule has 0 amide bonds. The zero-order valence-corrected chi connectivity index (χ0v) is 20.4. The SMILES string of the molecule is N#Cc1cccc(-c2ccc3ncc(-c4cc(F)cc(F)c4)c(N4CCC(N)C(OCCO)C4)c3c2)c1O. The van der Waals surface area contributed by atoms with Gasteiger partial charge < -0.3 is 25.6 Å². The highest BCUT2D eigenvalue weighted by Gasteiger charge is 2.30. The molecule has 1 aromatic heterocycles. The number of phenols is 1. The second kappa shape index (κ2) is 10.7. The average molecular weight is 517 g/mol. The fraction of sp³-hybridized carbons (Fsp3) is 0.241. The average Bonchev–Trinajstić information content (AvgIpc) is 2.91. The zero-order valence-electron chi connectivity index (χ0n) is 20.4. The molecule has 9 heteroatoms. The number of hydrogen-bond donors (Lipinski definition) is 3. The molecule has 38 heavy (non-hydrogen) atoms. The number of nitrogens with zero attached hydrogens (tertiary/aromatic N) is 3. The van der Waals surface area contributed by atoms with E-state index in [1.165, 1.54) is 18.2 Å². The van der Waals surface area contributed by atoms with Gasteiger partial charge in [0.05, 0.1) is 36.1 Å². The Balaban J connectivity index is 1.72. The molecule has 5 rings (SSSR count). The Morgan fingerprint density at radius 1 is 1.08 bits per heavy atom. The van der Waals surface area contributed by atoms with Crippen LogP contribution in [-0.4, -0.2) is 53.6 Å². The standard InChI is InChI=1S/C29H26F2N4O3/c30-20-10-19(11-21(31)13-20)24-15-34-26-5-4-17(22-3-1-2-18(14-32)29(22)37)12-23(26)28(24)35-7-6-25(33)27(16-35)38-9-8-36/h1-5,10-13,15,25,27,36-37H,6-9,16,33H2. The van der Waals surface area contributed by atoms with Gasteiger partial charge in [-0.1, -0.05) is 18.2 Å². The second-order valence-corrected chi connectivity index (χ2v) is 9.26. The third kappa shape index (κ3) is 4.89. The second-order valence-electron chi connectivity index (χ2n) is 9.26. The van der Waals surface area contributed by atoms with E-state index in [0.29, 0.717) is 58.4 Å². The summed E-state index contributed by atoms with van der Waals surface area (Å²) in [4.78, 5) is 6.63. The molecule has 2 atom stereocenters. The molecule has 2 unspecified atom stereocenters. The zero-order chi connectivity index (χ0) is 26.8. The molecule has 1 fully saturated rings. The van der Waals surface area contributed by atoms with E-state index in [4.69, 9.17) is 10.5 Å². The largest absolute Gasteiger partial charge is 0.506 e. The van der Waals surface area contributed by atoms with Crippen molar-refractivity contribution in [1.82, 2.24) is 4.98 Å². The lowest BCUT2D eigenvalue weighted by molar-refractivity contribution is 0.0108. The molecular formula is C29H26F2N4O3. The van der Waals surface area contributed by atoms with E-state index < -0.39 is 11.6 Å². The van der Waals surface area contributed by atoms with Gasteiger partial charge in [0.2, 0.25) is 0 Å². The minimum absolute atomic E-state index is 0.131. The lowest BCUT2D eigenvalue weighted by Crippen LogP contribution is -2.52. The minimum Gasteiger partial charge on any atom is -0.506 e. The van der Waals surface area contributed by atoms with E-state index in [1.54, 1.807) is 30.5 Å². The number of pyridine rings is 1. The number of fused-ring (bicyclic) bond motifs is 1. The number of aliphatic hydroxyl groups is 1. The van der Waals surface area contributed by atoms with Crippen LogP contribution in [0.25, 0.3) is 33.2 Å². The van der Waals surface area contributed by atoms with Gasteiger partial charge in [0.1, 0.15) is 23.5 Å². The van der Waals surface area contributed by atoms with Crippen LogP contribution in [0.15, 0.2) is 60.8 Å². The summed E-state index contributed by atoms with van der Waals surface area (Å²) in [5.74, 6) is -1.54. The Kier molecular flexibility index (Phi) is 7.20. The van der Waals surface area contributed by atoms with Crippen LogP contribution in [0.4, 0.5) is 14.5 Å². The summed E-state index contributed by atoms with van der Waals surface area (Å²) in [6.07, 6.45) is 1.83. The maximum Gasteiger partial charge on any atom is 0.141 e. The van der Waals surface area contributed by atoms with Crippen LogP contribution in [0.5, 0.6) is 5.75 Å². The summed E-state index contributed by atoms with van der Waals surface area (Å²) in [5, 5.41) is 30.0. The maximum absolute atomic E-state index is 14.3. The van der Waals surface area contributed by atoms with Gasteiger partial charge >= 0.3 is 0 Å². The molecule has 7 nitrogen and oxygen atoms in total. The van der Waals surface area contributed by atoms with Gasteiger partial charge in [-0.05, 0) is 47.9 Å². The van der Waals surface area contributed by atoms with Crippen molar-refractivity contribution in [2.24, 2.45) is 5.73 Å². The first kappa shape index (κ1) is 25.5. The van der Waals surface area contributed by atoms with Crippen LogP contribution in [0.3, 0.4) is 0 Å². The summed E-state index contributed by atoms with van der Waals surface area (Å²) in [6.45, 7) is 0.960. The van der Waals surface area contributed by atoms with E-state index >= 15 is 0 Å². The number of aromatic hydroxyl groups is 1. The number of nitriles is 1. The van der Waals surface area contributed by atoms with Crippen molar-refractivity contribution in [1.29, 1.82) is 5.26 Å². The monoisotopic (exact) mass is 516 g/mol. The van der Waals surface area contributed by atoms with E-state index in [1.807, 2.05) is 12.1 Å². The van der Waals surface area contributed by atoms with Gasteiger partial charge in [-0.15, -0.1) is 0 Å². The number of ether oxygens (including phenoxy) is 1. The van der Waals surface area contributed by atoms with Gasteiger partial charge in [0.25, 0.3) is 0 Å². The number of rotatable bonds is 6. The van der Waals surface area contributed by atoms with Crippen molar-refractivity contribution < 1.29 is 23.7 Å². The van der Waals surface area contributed by atoms with Gasteiger partial charge in [-0.25, -0.2) is 8.78 Å². The third-order valence-corrected chi connectivity index (χ3v) is 6.83. The molecule has 0 spiro atoms. The van der Waals surface area contributed by atoms with E-state index in [0.717, 1.165) is 6.07 Å². The summed E-state index contributed by atoms with van der Waals surface area (Å²) >= 11 is 0. The van der Waals surface area contributed by atoms with E-state index in [2.05, 4.69) is 9.88 Å². The quantitative estimate of drug-likeness (QED) is 0.349. The Morgan fingerprint density at radius 3 is 2.61 bits per heavy atom. The molecule has 1 saturated heterocycles. The predicted molar refractivity (Wildman–Crippen MR) is 141 cm³/mol. The first-order valence-corrected chi connectivity index (χ1v) is 12.2. The molecule has 4 N–H and O–H groups in total. The number of nitrogens with two attached hydrogens (primary N) is 1. The van der Waals surface area contributed by atoms with Crippen LogP contribution < -0.4 is 10.6 Å². The van der Waals surface area contributed by atoms with Crippen molar-refractivity contribution >= 4 is 16.6 Å². The molecule has 2 heterocycles. The van der Waals surface area contributed by atoms with Crippen LogP contribution in [0.2, 0.25) is 0 Å². The molecule has 0 radical (unpaired) electrons. The Morgan fingerprint density at radius 2 is 1.87 bits per heavy atom. The summed E-state index contributed by atoms with van der Waals surface area (Å²) < 4.78 is 34.3. The minimum atomic E-state index is -0.706. The van der Waals surface area contributed by atoms with Crippen LogP contribution in [0, 0.1) is 23.0 Å². The summed E-state index contributed by atoms with van der Waals surface area (Å²) in [7, 11) is 0. The lowest BCUT2D eigenvalue weighted by atomic mass is 9.94. The lowest BCUT2D eigenvalue weighted by Gasteiger charge is -2.39. The number of anilines is 1. The number of para-hydroxylation sites is 1. The number of aliphatic hydroxyl groups excluding tert-OH is 1. The van der Waals surface area contributed by atoms with Crippen LogP contribution in [0.1, 0.15) is 12.0 Å². The van der Waals surface area contributed by atoms with Crippen molar-refractivity contribution in [2.75, 3.05) is 31.2 Å². The normalized spacial score (nSPS) is 17.5. The fourth-order valence-corrected chi connectivity index (χ4v) is 4.99. The van der Waals surface area contributed by atoms with Crippen molar-refractivity contribution in [2.45, 2.75) is 18.6 Å². The highest BCUT2D eigenvalue weighted by Crippen LogP contribution is 2.41. The summed E-state index contributed by atoms with van der Waals surface area (Å²) in [5.41, 5.74) is 9.78. The number of hydrogen-bond acceptors (Lipinski definition) is 7. The number of piperidine rings is 1. The Bertz CT molecular complexity index is 1520. The Labute approximate surface area is 218 Å². The smallest absolute Gasteiger partial charge is 0.141 e. The Hall–Kier alpha value is -4.10. The van der Waals surface area contributed by atoms with Crippen LogP contribution >= 0.6 is 0 Å². The molecule has 0 saturated carbocycles. The van der Waals surface area contributed by atoms with Gasteiger partial charge in [0.15, 0.2) is 0 Å². The first-order chi connectivity index (χ1) is 18.4. The number of halogens is 2. The molecule has 0 bridgehead atoms. The van der Waals surface area contributed by atoms with Crippen molar-refractivity contribution in [3.05, 3.63) is 78.0 Å². The highest BCUT2D eigenvalue weighted by atomic mass is 19.1. The molecule has 1 aliphatic heterocycles. The van der Waals surface area contributed by atoms with Crippen molar-refractivity contribution in [3.8, 4) is 34.1 Å². The number of benzene rings is 3. The molecule has 194 valence electrons. The number of aromatic nitrogens is 1. The van der Waals surface area contributed by atoms with Crippen molar-refractivity contribution in [3.63, 3.8) is 0 Å². The fourth-order valence-electron chi connectivity index (χ4n) is 4.99. The van der Waals surface area contributed by atoms with Gasteiger partial charge in [-0.2, -0.15) is 5.26 Å². The molecule has 4 aromatic rings. The molecule has 0 aliphatic carbocycles. The molecular weight excluding hydrogens is 490 g/mol. The summed E-state index contributed by atoms with van der Waals surface area (Å²) in [6, 6.07) is 15.5. The molecule has 3 aromatic carbocycles. The van der Waals surface area contributed by atoms with E-state index in [-0.39, 0.29) is 36.7 Å². The topological polar surface area (TPSA) is 116 Å². The van der Waals surface area contributed by atoms with Gasteiger partial charge in [0, 0.05) is 47.9 Å². The third-order valence-electron chi connectivity index (χ3n) is 6.83. The van der Waals surface area contributed by atoms with Gasteiger partial charge in [-0.3, -0.25) is 4.98 Å². The maximum atomic E-state index is 14.3. The van der Waals surface area contributed by atoms with Crippen LogP contribution in [-0.2, 0) is 4.74 Å². The van der Waals surface area contributed by atoms with E-state index in [9.17, 15) is 24.3 Å². The highest BCUT2D eigenvalue weighted by molar-refractivity contribution is 6.02. The predicted octanol–water partition coefficient (Wildman–Crippen LogP) is 4.34. The first-order valence-electron chi connectivity index (χ1n) is 12.2. The number of phenolic OH excluding ortho intramolecular Hbond substituents is 1.